The summed E-state index contributed by atoms with van der Waals surface area (Å²) in [4.78, 5) is 36.0. The maximum Gasteiger partial charge on any atom is 0.325 e. The van der Waals surface area contributed by atoms with Gasteiger partial charge in [0.25, 0.3) is 11.8 Å². The first-order chi connectivity index (χ1) is 12.0. The van der Waals surface area contributed by atoms with Gasteiger partial charge in [0.15, 0.2) is 0 Å². The molecule has 0 spiro atoms. The van der Waals surface area contributed by atoms with Gasteiger partial charge in [-0.15, -0.1) is 0 Å². The third-order valence-corrected chi connectivity index (χ3v) is 3.32. The summed E-state index contributed by atoms with van der Waals surface area (Å²) in [6.07, 6.45) is 0. The Balaban J connectivity index is 2.12. The monoisotopic (exact) mass is 341 g/mol. The van der Waals surface area contributed by atoms with Crippen molar-refractivity contribution in [2.45, 2.75) is 6.92 Å². The van der Waals surface area contributed by atoms with Crippen LogP contribution in [0.1, 0.15) is 27.6 Å². The normalized spacial score (nSPS) is 9.96. The molecular formula is C18H19N3O4. The Morgan fingerprint density at radius 3 is 2.28 bits per heavy atom. The van der Waals surface area contributed by atoms with E-state index in [0.717, 1.165) is 0 Å². The van der Waals surface area contributed by atoms with Crippen molar-refractivity contribution in [1.82, 2.24) is 5.32 Å². The summed E-state index contributed by atoms with van der Waals surface area (Å²) < 4.78 is 4.76. The van der Waals surface area contributed by atoms with Gasteiger partial charge in [0.1, 0.15) is 6.54 Å². The van der Waals surface area contributed by atoms with Crippen LogP contribution >= 0.6 is 0 Å². The number of hydrogen-bond acceptors (Lipinski definition) is 5. The Bertz CT molecular complexity index is 789. The second-order valence-corrected chi connectivity index (χ2v) is 5.07. The average molecular weight is 341 g/mol. The number of esters is 1. The molecule has 0 radical (unpaired) electrons. The molecule has 0 unspecified atom stereocenters. The van der Waals surface area contributed by atoms with Gasteiger partial charge in [0.2, 0.25) is 0 Å². The highest BCUT2D eigenvalue weighted by molar-refractivity contribution is 6.11. The van der Waals surface area contributed by atoms with Crippen molar-refractivity contribution >= 4 is 29.2 Å². The van der Waals surface area contributed by atoms with Crippen molar-refractivity contribution in [2.24, 2.45) is 0 Å². The number of anilines is 2. The lowest BCUT2D eigenvalue weighted by atomic mass is 10.1. The Kier molecular flexibility index (Phi) is 6.11. The molecule has 2 aromatic rings. The number of benzene rings is 2. The molecule has 0 aliphatic carbocycles. The largest absolute Gasteiger partial charge is 0.465 e. The molecular weight excluding hydrogens is 322 g/mol. The molecule has 0 atom stereocenters. The lowest BCUT2D eigenvalue weighted by molar-refractivity contribution is -0.141. The number of rotatable bonds is 6. The van der Waals surface area contributed by atoms with Crippen molar-refractivity contribution in [3.63, 3.8) is 0 Å². The van der Waals surface area contributed by atoms with E-state index in [2.05, 4.69) is 10.6 Å². The van der Waals surface area contributed by atoms with Crippen LogP contribution in [0.15, 0.2) is 48.5 Å². The molecule has 2 aromatic carbocycles. The SMILES string of the molecule is CCOC(=O)CNC(=O)c1ccccc1NC(=O)c1ccccc1N. The number of nitrogens with two attached hydrogens (primary N) is 1. The number of ether oxygens (including phenoxy) is 1. The summed E-state index contributed by atoms with van der Waals surface area (Å²) in [5.74, 6) is -1.46. The predicted molar refractivity (Wildman–Crippen MR) is 94.2 cm³/mol. The number of hydrogen-bond donors (Lipinski definition) is 3. The third kappa shape index (κ3) is 4.81. The predicted octanol–water partition coefficient (Wildman–Crippen LogP) is 1.81. The van der Waals surface area contributed by atoms with Crippen molar-refractivity contribution < 1.29 is 19.1 Å². The molecule has 2 amide bonds. The number of carbonyl (C=O) groups excluding carboxylic acids is 3. The minimum atomic E-state index is -0.533. The van der Waals surface area contributed by atoms with E-state index >= 15 is 0 Å². The molecule has 0 saturated heterocycles. The fourth-order valence-corrected chi connectivity index (χ4v) is 2.14. The van der Waals surface area contributed by atoms with Crippen LogP contribution in [-0.4, -0.2) is 30.9 Å². The topological polar surface area (TPSA) is 111 Å². The first-order valence-corrected chi connectivity index (χ1v) is 7.71. The molecule has 130 valence electrons. The van der Waals surface area contributed by atoms with Gasteiger partial charge in [0, 0.05) is 5.69 Å². The first kappa shape index (κ1) is 18.0. The van der Waals surface area contributed by atoms with Crippen molar-refractivity contribution in [3.8, 4) is 0 Å². The van der Waals surface area contributed by atoms with E-state index in [9.17, 15) is 14.4 Å². The molecule has 0 saturated carbocycles. The fraction of sp³-hybridized carbons (Fsp3) is 0.167. The van der Waals surface area contributed by atoms with Gasteiger partial charge < -0.3 is 21.1 Å². The molecule has 4 N–H and O–H groups in total. The van der Waals surface area contributed by atoms with Crippen LogP contribution in [0.5, 0.6) is 0 Å². The van der Waals surface area contributed by atoms with Crippen LogP contribution in [0.3, 0.4) is 0 Å². The smallest absolute Gasteiger partial charge is 0.325 e. The molecule has 2 rings (SSSR count). The van der Waals surface area contributed by atoms with Gasteiger partial charge in [-0.25, -0.2) is 0 Å². The lowest BCUT2D eigenvalue weighted by Gasteiger charge is -2.12. The summed E-state index contributed by atoms with van der Waals surface area (Å²) in [5, 5.41) is 5.12. The van der Waals surface area contributed by atoms with Gasteiger partial charge in [-0.1, -0.05) is 24.3 Å². The average Bonchev–Trinajstić information content (AvgIpc) is 2.60. The van der Waals surface area contributed by atoms with Gasteiger partial charge in [-0.2, -0.15) is 0 Å². The van der Waals surface area contributed by atoms with E-state index < -0.39 is 17.8 Å². The van der Waals surface area contributed by atoms with Crippen molar-refractivity contribution in [1.29, 1.82) is 0 Å². The molecule has 7 heteroatoms. The zero-order valence-corrected chi connectivity index (χ0v) is 13.7. The second kappa shape index (κ2) is 8.49. The highest BCUT2D eigenvalue weighted by atomic mass is 16.5. The Hall–Kier alpha value is -3.35. The van der Waals surface area contributed by atoms with Crippen LogP contribution < -0.4 is 16.4 Å². The summed E-state index contributed by atoms with van der Waals surface area (Å²) >= 11 is 0. The van der Waals surface area contributed by atoms with Crippen LogP contribution in [0.25, 0.3) is 0 Å². The van der Waals surface area contributed by atoms with E-state index in [4.69, 9.17) is 10.5 Å². The zero-order chi connectivity index (χ0) is 18.2. The fourth-order valence-electron chi connectivity index (χ4n) is 2.14. The number of amides is 2. The van der Waals surface area contributed by atoms with E-state index in [1.807, 2.05) is 0 Å². The number of carbonyl (C=O) groups is 3. The van der Waals surface area contributed by atoms with E-state index in [1.165, 1.54) is 0 Å². The maximum absolute atomic E-state index is 12.4. The van der Waals surface area contributed by atoms with Gasteiger partial charge >= 0.3 is 5.97 Å². The minimum absolute atomic E-state index is 0.231. The highest BCUT2D eigenvalue weighted by Crippen LogP contribution is 2.18. The quantitative estimate of drug-likeness (QED) is 0.548. The number of nitrogen functional groups attached to an aromatic ring is 1. The molecule has 0 aliphatic heterocycles. The summed E-state index contributed by atoms with van der Waals surface area (Å²) in [6.45, 7) is 1.67. The number of para-hydroxylation sites is 2. The van der Waals surface area contributed by atoms with Gasteiger partial charge in [-0.05, 0) is 31.2 Å². The summed E-state index contributed by atoms with van der Waals surface area (Å²) in [5.41, 5.74) is 6.99. The Labute approximate surface area is 145 Å². The number of nitrogens with one attached hydrogen (secondary N) is 2. The van der Waals surface area contributed by atoms with Gasteiger partial charge in [0.05, 0.1) is 23.4 Å². The Morgan fingerprint density at radius 2 is 1.60 bits per heavy atom. The summed E-state index contributed by atoms with van der Waals surface area (Å²) in [7, 11) is 0. The zero-order valence-electron chi connectivity index (χ0n) is 13.7. The Morgan fingerprint density at radius 1 is 0.960 bits per heavy atom. The summed E-state index contributed by atoms with van der Waals surface area (Å²) in [6, 6.07) is 13.1. The molecule has 0 aliphatic rings. The van der Waals surface area contributed by atoms with Crippen molar-refractivity contribution in [2.75, 3.05) is 24.2 Å². The standard InChI is InChI=1S/C18H19N3O4/c1-2-25-16(22)11-20-17(23)13-8-4-6-10-15(13)21-18(24)12-7-3-5-9-14(12)19/h3-10H,2,11,19H2,1H3,(H,20,23)(H,21,24). The van der Waals surface area contributed by atoms with E-state index in [1.54, 1.807) is 55.5 Å². The molecule has 7 nitrogen and oxygen atoms in total. The molecule has 0 bridgehead atoms. The van der Waals surface area contributed by atoms with E-state index in [0.29, 0.717) is 16.9 Å². The van der Waals surface area contributed by atoms with Crippen LogP contribution in [0.2, 0.25) is 0 Å². The van der Waals surface area contributed by atoms with Crippen molar-refractivity contribution in [3.05, 3.63) is 59.7 Å². The molecule has 25 heavy (non-hydrogen) atoms. The van der Waals surface area contributed by atoms with Crippen LogP contribution in [0, 0.1) is 0 Å². The van der Waals surface area contributed by atoms with Crippen LogP contribution in [0.4, 0.5) is 11.4 Å². The molecule has 0 aromatic heterocycles. The second-order valence-electron chi connectivity index (χ2n) is 5.07. The third-order valence-electron chi connectivity index (χ3n) is 3.32. The van der Waals surface area contributed by atoms with Crippen LogP contribution in [-0.2, 0) is 9.53 Å². The minimum Gasteiger partial charge on any atom is -0.465 e. The lowest BCUT2D eigenvalue weighted by Crippen LogP contribution is -2.31. The highest BCUT2D eigenvalue weighted by Gasteiger charge is 2.16. The van der Waals surface area contributed by atoms with Gasteiger partial charge in [-0.3, -0.25) is 14.4 Å². The first-order valence-electron chi connectivity index (χ1n) is 7.71. The molecule has 0 fully saturated rings. The molecule has 0 heterocycles. The van der Waals surface area contributed by atoms with E-state index in [-0.39, 0.29) is 18.7 Å². The maximum atomic E-state index is 12.4.